The van der Waals surface area contributed by atoms with Gasteiger partial charge in [-0.1, -0.05) is 0 Å². The number of nitrogens with zero attached hydrogens (tertiary/aromatic N) is 5. The normalized spacial score (nSPS) is 15.5. The molecule has 1 aromatic carbocycles. The number of aryl methyl sites for hydroxylation is 1. The van der Waals surface area contributed by atoms with Crippen molar-refractivity contribution in [3.8, 4) is 0 Å². The highest BCUT2D eigenvalue weighted by molar-refractivity contribution is 5.89. The summed E-state index contributed by atoms with van der Waals surface area (Å²) in [6.45, 7) is 0.700. The molecule has 1 aliphatic rings. The summed E-state index contributed by atoms with van der Waals surface area (Å²) in [6.07, 6.45) is -3.07. The van der Waals surface area contributed by atoms with Gasteiger partial charge in [0.1, 0.15) is 17.2 Å². The molecule has 170 valence electrons. The number of amides is 2. The molecule has 9 nitrogen and oxygen atoms in total. The Morgan fingerprint density at radius 1 is 1.22 bits per heavy atom. The van der Waals surface area contributed by atoms with Gasteiger partial charge < -0.3 is 25.2 Å². The lowest BCUT2D eigenvalue weighted by molar-refractivity contribution is -0.156. The second-order valence-corrected chi connectivity index (χ2v) is 7.19. The van der Waals surface area contributed by atoms with E-state index < -0.39 is 47.3 Å². The van der Waals surface area contributed by atoms with Gasteiger partial charge in [-0.2, -0.15) is 13.2 Å². The van der Waals surface area contributed by atoms with E-state index in [9.17, 15) is 31.9 Å². The van der Waals surface area contributed by atoms with Gasteiger partial charge in [-0.05, 0) is 6.07 Å². The lowest BCUT2D eigenvalue weighted by Crippen LogP contribution is -2.51. The Morgan fingerprint density at radius 2 is 1.88 bits per heavy atom. The molecule has 0 unspecified atom stereocenters. The second-order valence-electron chi connectivity index (χ2n) is 7.19. The van der Waals surface area contributed by atoms with Crippen LogP contribution in [0.25, 0.3) is 11.0 Å². The SMILES string of the molecule is Cn1c([C@H](NC(=O)Nc2cnc(N3CC(O)C3)nc2)C(F)(F)F)nc2c(F)cc(F)cc21. The molecular weight excluding hydrogens is 441 g/mol. The van der Waals surface area contributed by atoms with Crippen molar-refractivity contribution in [1.82, 2.24) is 24.8 Å². The van der Waals surface area contributed by atoms with Gasteiger partial charge in [0.25, 0.3) is 0 Å². The van der Waals surface area contributed by atoms with Gasteiger partial charge in [0.05, 0.1) is 29.7 Å². The molecule has 14 heteroatoms. The molecule has 3 heterocycles. The molecular formula is C18H16F5N7O2. The first-order valence-electron chi connectivity index (χ1n) is 9.23. The molecule has 3 aromatic rings. The molecule has 1 fully saturated rings. The number of aliphatic hydroxyl groups is 1. The van der Waals surface area contributed by atoms with Crippen molar-refractivity contribution < 1.29 is 31.9 Å². The number of aromatic nitrogens is 4. The first kappa shape index (κ1) is 21.7. The molecule has 1 aliphatic heterocycles. The Morgan fingerprint density at radius 3 is 2.47 bits per heavy atom. The smallest absolute Gasteiger partial charge is 0.389 e. The highest BCUT2D eigenvalue weighted by Crippen LogP contribution is 2.34. The number of hydrogen-bond donors (Lipinski definition) is 3. The van der Waals surface area contributed by atoms with Crippen LogP contribution in [-0.2, 0) is 7.05 Å². The summed E-state index contributed by atoms with van der Waals surface area (Å²) in [6, 6.07) is -2.49. The maximum Gasteiger partial charge on any atom is 0.416 e. The van der Waals surface area contributed by atoms with Crippen LogP contribution in [0.5, 0.6) is 0 Å². The van der Waals surface area contributed by atoms with Crippen LogP contribution in [0, 0.1) is 11.6 Å². The van der Waals surface area contributed by atoms with Crippen LogP contribution in [-0.4, -0.2) is 56.0 Å². The van der Waals surface area contributed by atoms with E-state index in [0.717, 1.165) is 17.7 Å². The van der Waals surface area contributed by atoms with Crippen molar-refractivity contribution >= 4 is 28.7 Å². The topological polar surface area (TPSA) is 108 Å². The molecule has 2 aromatic heterocycles. The average Bonchev–Trinajstić information content (AvgIpc) is 3.00. The van der Waals surface area contributed by atoms with Crippen LogP contribution in [0.15, 0.2) is 24.5 Å². The summed E-state index contributed by atoms with van der Waals surface area (Å²) < 4.78 is 69.4. The number of carbonyl (C=O) groups excluding carboxylic acids is 1. The Balaban J connectivity index is 1.53. The summed E-state index contributed by atoms with van der Waals surface area (Å²) >= 11 is 0. The second kappa shape index (κ2) is 7.85. The molecule has 0 saturated carbocycles. The van der Waals surface area contributed by atoms with E-state index in [1.54, 1.807) is 10.2 Å². The van der Waals surface area contributed by atoms with Gasteiger partial charge in [-0.15, -0.1) is 0 Å². The van der Waals surface area contributed by atoms with E-state index in [2.05, 4.69) is 20.3 Å². The van der Waals surface area contributed by atoms with Crippen LogP contribution in [0.2, 0.25) is 0 Å². The molecule has 4 rings (SSSR count). The minimum atomic E-state index is -4.99. The third-order valence-corrected chi connectivity index (χ3v) is 4.84. The van der Waals surface area contributed by atoms with Gasteiger partial charge in [-0.25, -0.2) is 28.5 Å². The number of aliphatic hydroxyl groups excluding tert-OH is 1. The van der Waals surface area contributed by atoms with Crippen molar-refractivity contribution in [3.05, 3.63) is 42.0 Å². The van der Waals surface area contributed by atoms with Crippen molar-refractivity contribution in [2.45, 2.75) is 18.3 Å². The summed E-state index contributed by atoms with van der Waals surface area (Å²) in [7, 11) is 1.15. The van der Waals surface area contributed by atoms with E-state index in [4.69, 9.17) is 0 Å². The minimum Gasteiger partial charge on any atom is -0.389 e. The standard InChI is InChI=1S/C18H16F5N7O2/c1-29-12-3-8(19)2-11(20)13(12)27-15(29)14(18(21,22)23)28-17(32)26-9-4-24-16(25-5-9)30-6-10(31)7-30/h2-5,10,14,31H,6-7H2,1H3,(H2,26,28,32)/t14-/m0/s1. The highest BCUT2D eigenvalue weighted by Gasteiger charge is 2.45. The Labute approximate surface area is 176 Å². The monoisotopic (exact) mass is 457 g/mol. The van der Waals surface area contributed by atoms with Crippen LogP contribution >= 0.6 is 0 Å². The van der Waals surface area contributed by atoms with E-state index in [1.165, 1.54) is 12.4 Å². The predicted octanol–water partition coefficient (Wildman–Crippen LogP) is 2.25. The van der Waals surface area contributed by atoms with Gasteiger partial charge >= 0.3 is 12.2 Å². The molecule has 3 N–H and O–H groups in total. The van der Waals surface area contributed by atoms with Crippen molar-refractivity contribution in [2.24, 2.45) is 7.05 Å². The number of nitrogens with one attached hydrogen (secondary N) is 2. The Kier molecular flexibility index (Phi) is 5.32. The molecule has 0 spiro atoms. The Bertz CT molecular complexity index is 1160. The highest BCUT2D eigenvalue weighted by atomic mass is 19.4. The zero-order valence-electron chi connectivity index (χ0n) is 16.4. The Hall–Kier alpha value is -3.55. The van der Waals surface area contributed by atoms with Crippen molar-refractivity contribution in [3.63, 3.8) is 0 Å². The first-order chi connectivity index (χ1) is 15.0. The van der Waals surface area contributed by atoms with Crippen LogP contribution in [0.1, 0.15) is 11.9 Å². The molecule has 0 aliphatic carbocycles. The number of rotatable bonds is 4. The number of carbonyl (C=O) groups is 1. The van der Waals surface area contributed by atoms with Crippen LogP contribution < -0.4 is 15.5 Å². The summed E-state index contributed by atoms with van der Waals surface area (Å²) in [4.78, 5) is 25.5. The molecule has 0 radical (unpaired) electrons. The zero-order chi connectivity index (χ0) is 23.2. The largest absolute Gasteiger partial charge is 0.416 e. The third-order valence-electron chi connectivity index (χ3n) is 4.84. The number of alkyl halides is 3. The van der Waals surface area contributed by atoms with Crippen LogP contribution in [0.3, 0.4) is 0 Å². The summed E-state index contributed by atoms with van der Waals surface area (Å²) in [5.41, 5.74) is -0.638. The van der Waals surface area contributed by atoms with E-state index in [0.29, 0.717) is 25.1 Å². The third kappa shape index (κ3) is 4.12. The number of benzene rings is 1. The van der Waals surface area contributed by atoms with Crippen molar-refractivity contribution in [2.75, 3.05) is 23.3 Å². The lowest BCUT2D eigenvalue weighted by Gasteiger charge is -2.35. The van der Waals surface area contributed by atoms with E-state index >= 15 is 0 Å². The van der Waals surface area contributed by atoms with E-state index in [1.807, 2.05) is 0 Å². The fourth-order valence-electron chi connectivity index (χ4n) is 3.25. The summed E-state index contributed by atoms with van der Waals surface area (Å²) in [5.74, 6) is -2.53. The molecule has 1 atom stereocenters. The quantitative estimate of drug-likeness (QED) is 0.519. The first-order valence-corrected chi connectivity index (χ1v) is 9.23. The molecule has 1 saturated heterocycles. The van der Waals surface area contributed by atoms with E-state index in [-0.39, 0.29) is 11.2 Å². The molecule has 32 heavy (non-hydrogen) atoms. The number of anilines is 2. The number of imidazole rings is 1. The zero-order valence-corrected chi connectivity index (χ0v) is 16.4. The maximum absolute atomic E-state index is 14.0. The van der Waals surface area contributed by atoms with Gasteiger partial charge in [0, 0.05) is 26.2 Å². The van der Waals surface area contributed by atoms with Gasteiger partial charge in [0.2, 0.25) is 5.95 Å². The van der Waals surface area contributed by atoms with Gasteiger partial charge in [-0.3, -0.25) is 0 Å². The van der Waals surface area contributed by atoms with Gasteiger partial charge in [0.15, 0.2) is 11.9 Å². The average molecular weight is 457 g/mol. The minimum absolute atomic E-state index is 0.0198. The summed E-state index contributed by atoms with van der Waals surface area (Å²) in [5, 5.41) is 13.2. The van der Waals surface area contributed by atoms with Crippen molar-refractivity contribution in [1.29, 1.82) is 0 Å². The maximum atomic E-state index is 14.0. The molecule has 0 bridgehead atoms. The number of halogens is 5. The predicted molar refractivity (Wildman–Crippen MR) is 102 cm³/mol. The fourth-order valence-corrected chi connectivity index (χ4v) is 3.25. The molecule has 2 amide bonds. The van der Waals surface area contributed by atoms with Crippen LogP contribution in [0.4, 0.5) is 38.4 Å². The number of urea groups is 1. The number of β-amino-alcohol motifs (C(OH)–C–C–N with tert-alkyl or cyclic N) is 1. The fraction of sp³-hybridized carbons (Fsp3) is 0.333. The number of fused-ring (bicyclic) bond motifs is 1. The lowest BCUT2D eigenvalue weighted by atomic mass is 10.2. The number of hydrogen-bond acceptors (Lipinski definition) is 6.